The number of para-hydroxylation sites is 1. The van der Waals surface area contributed by atoms with Crippen LogP contribution in [-0.4, -0.2) is 50.4 Å². The number of nitrogens with zero attached hydrogens (tertiary/aromatic N) is 4. The first-order valence-electron chi connectivity index (χ1n) is 14.2. The average molecular weight is 550 g/mol. The van der Waals surface area contributed by atoms with E-state index in [4.69, 9.17) is 15.6 Å². The zero-order valence-electron chi connectivity index (χ0n) is 23.5. The Morgan fingerprint density at radius 2 is 1.80 bits per heavy atom. The second-order valence-electron chi connectivity index (χ2n) is 11.3. The molecule has 2 aromatic heterocycles. The Kier molecular flexibility index (Phi) is 7.32. The zero-order chi connectivity index (χ0) is 28.5. The quantitative estimate of drug-likeness (QED) is 0.222. The fourth-order valence-electron chi connectivity index (χ4n) is 5.56. The number of rotatable bonds is 10. The van der Waals surface area contributed by atoms with Gasteiger partial charge in [0.05, 0.1) is 18.0 Å². The number of hydrogen-bond donors (Lipinski definition) is 2. The van der Waals surface area contributed by atoms with Gasteiger partial charge in [-0.1, -0.05) is 50.2 Å². The molecule has 1 saturated heterocycles. The van der Waals surface area contributed by atoms with E-state index in [0.717, 1.165) is 58.1 Å². The number of carboxylic acid groups (broad SMARTS) is 1. The summed E-state index contributed by atoms with van der Waals surface area (Å²) in [6.45, 7) is 7.82. The number of ether oxygens (including phenoxy) is 1. The molecule has 41 heavy (non-hydrogen) atoms. The number of likely N-dealkylation sites (tertiary alicyclic amines) is 1. The van der Waals surface area contributed by atoms with Gasteiger partial charge in [-0.25, -0.2) is 4.98 Å². The molecule has 0 aliphatic carbocycles. The number of aliphatic carboxylic acids is 1. The highest BCUT2D eigenvalue weighted by Gasteiger charge is 2.30. The Morgan fingerprint density at radius 3 is 2.59 bits per heavy atom. The molecule has 8 heteroatoms. The van der Waals surface area contributed by atoms with Crippen molar-refractivity contribution in [3.8, 4) is 16.9 Å². The summed E-state index contributed by atoms with van der Waals surface area (Å²) >= 11 is 0. The Hall–Kier alpha value is -4.43. The molecule has 0 amide bonds. The van der Waals surface area contributed by atoms with Crippen LogP contribution in [0.4, 0.5) is 5.82 Å². The summed E-state index contributed by atoms with van der Waals surface area (Å²) in [5.41, 5.74) is 10.8. The van der Waals surface area contributed by atoms with Crippen molar-refractivity contribution < 1.29 is 14.6 Å². The maximum Gasteiger partial charge on any atom is 0.307 e. The van der Waals surface area contributed by atoms with Crippen LogP contribution in [0.1, 0.15) is 37.6 Å². The predicted molar refractivity (Wildman–Crippen MR) is 162 cm³/mol. The van der Waals surface area contributed by atoms with Crippen molar-refractivity contribution in [2.24, 2.45) is 5.92 Å². The zero-order valence-corrected chi connectivity index (χ0v) is 23.5. The van der Waals surface area contributed by atoms with Crippen molar-refractivity contribution in [3.63, 3.8) is 0 Å². The minimum Gasteiger partial charge on any atom is -0.487 e. The lowest BCUT2D eigenvalue weighted by atomic mass is 10.00. The normalized spacial score (nSPS) is 14.1. The lowest BCUT2D eigenvalue weighted by Crippen LogP contribution is -2.48. The number of nitrogen functional groups attached to an aromatic ring is 1. The van der Waals surface area contributed by atoms with Gasteiger partial charge in [-0.15, -0.1) is 0 Å². The Bertz CT molecular complexity index is 1720. The molecule has 0 atom stereocenters. The third kappa shape index (κ3) is 5.60. The van der Waals surface area contributed by atoms with E-state index < -0.39 is 5.97 Å². The molecule has 0 bridgehead atoms. The maximum absolute atomic E-state index is 11.4. The second kappa shape index (κ2) is 11.2. The average Bonchev–Trinajstić information content (AvgIpc) is 3.28. The van der Waals surface area contributed by atoms with Crippen LogP contribution in [0.25, 0.3) is 32.8 Å². The van der Waals surface area contributed by atoms with Gasteiger partial charge < -0.3 is 15.6 Å². The Morgan fingerprint density at radius 1 is 1.05 bits per heavy atom. The molecule has 1 fully saturated rings. The number of benzene rings is 3. The first kappa shape index (κ1) is 26.8. The van der Waals surface area contributed by atoms with Crippen molar-refractivity contribution in [2.45, 2.75) is 39.3 Å². The minimum absolute atomic E-state index is 0.0935. The van der Waals surface area contributed by atoms with Crippen molar-refractivity contribution in [1.82, 2.24) is 19.7 Å². The number of carboxylic acids is 1. The van der Waals surface area contributed by atoms with Gasteiger partial charge in [-0.2, -0.15) is 5.10 Å². The van der Waals surface area contributed by atoms with Crippen molar-refractivity contribution in [3.05, 3.63) is 84.2 Å². The highest BCUT2D eigenvalue weighted by Crippen LogP contribution is 2.33. The molecule has 5 aromatic rings. The molecule has 6 rings (SSSR count). The first-order valence-corrected chi connectivity index (χ1v) is 14.2. The molecule has 3 heterocycles. The lowest BCUT2D eigenvalue weighted by Gasteiger charge is -2.39. The summed E-state index contributed by atoms with van der Waals surface area (Å²) in [6.07, 6.45) is 2.82. The topological polar surface area (TPSA) is 106 Å². The number of aromatic nitrogens is 3. The lowest BCUT2D eigenvalue weighted by molar-refractivity contribution is -0.136. The summed E-state index contributed by atoms with van der Waals surface area (Å²) in [4.78, 5) is 18.1. The van der Waals surface area contributed by atoms with Crippen molar-refractivity contribution in [1.29, 1.82) is 0 Å². The monoisotopic (exact) mass is 549 g/mol. The van der Waals surface area contributed by atoms with Gasteiger partial charge in [0.1, 0.15) is 23.9 Å². The number of nitrogens with two attached hydrogens (primary N) is 1. The largest absolute Gasteiger partial charge is 0.487 e. The summed E-state index contributed by atoms with van der Waals surface area (Å²) < 4.78 is 8.36. The smallest absolute Gasteiger partial charge is 0.307 e. The van der Waals surface area contributed by atoms with Gasteiger partial charge >= 0.3 is 5.97 Å². The van der Waals surface area contributed by atoms with Crippen LogP contribution in [0.2, 0.25) is 0 Å². The second-order valence-corrected chi connectivity index (χ2v) is 11.3. The number of anilines is 1. The molecule has 210 valence electrons. The highest BCUT2D eigenvalue weighted by atomic mass is 16.5. The van der Waals surface area contributed by atoms with Crippen LogP contribution >= 0.6 is 0 Å². The molecule has 0 saturated carbocycles. The van der Waals surface area contributed by atoms with Crippen LogP contribution in [0, 0.1) is 5.92 Å². The molecule has 1 aliphatic heterocycles. The van der Waals surface area contributed by atoms with E-state index >= 15 is 0 Å². The molecule has 0 spiro atoms. The highest BCUT2D eigenvalue weighted by molar-refractivity contribution is 5.95. The van der Waals surface area contributed by atoms with E-state index in [0.29, 0.717) is 29.1 Å². The number of carbonyl (C=O) groups is 1. The molecule has 3 N–H and O–H groups in total. The Labute approximate surface area is 239 Å². The number of pyridine rings is 1. The van der Waals surface area contributed by atoms with Crippen LogP contribution in [0.3, 0.4) is 0 Å². The first-order chi connectivity index (χ1) is 19.9. The number of hydrogen-bond acceptors (Lipinski definition) is 6. The minimum atomic E-state index is -0.890. The van der Waals surface area contributed by atoms with Crippen molar-refractivity contribution >= 4 is 33.5 Å². The standard InChI is InChI=1S/C33H35N5O3/c1-21(2)12-14-37-18-26(19-37)38-30-10-9-24(23-8-7-22-11-13-35-33(34)27(22)15-23)16-28(30)29(36-38)20-41-31-6-4-3-5-25(31)17-32(39)40/h3-11,13,15-16,21,26H,12,14,17-20H2,1-2H3,(H2,34,35)(H,39,40). The third-order valence-electron chi connectivity index (χ3n) is 7.90. The van der Waals surface area contributed by atoms with Crippen molar-refractivity contribution in [2.75, 3.05) is 25.4 Å². The van der Waals surface area contributed by atoms with Gasteiger partial charge in [0, 0.05) is 35.6 Å². The molecule has 0 radical (unpaired) electrons. The van der Waals surface area contributed by atoms with Crippen LogP contribution in [0.5, 0.6) is 5.75 Å². The molecule has 3 aromatic carbocycles. The molecular formula is C33H35N5O3. The summed E-state index contributed by atoms with van der Waals surface area (Å²) in [6, 6.07) is 22.3. The van der Waals surface area contributed by atoms with Gasteiger partial charge in [-0.3, -0.25) is 14.4 Å². The van der Waals surface area contributed by atoms with E-state index in [1.54, 1.807) is 12.3 Å². The van der Waals surface area contributed by atoms with Gasteiger partial charge in [0.25, 0.3) is 0 Å². The van der Waals surface area contributed by atoms with Crippen LogP contribution in [0.15, 0.2) is 72.9 Å². The van der Waals surface area contributed by atoms with E-state index in [9.17, 15) is 9.90 Å². The van der Waals surface area contributed by atoms with E-state index in [2.05, 4.69) is 64.8 Å². The van der Waals surface area contributed by atoms with E-state index in [1.807, 2.05) is 24.3 Å². The van der Waals surface area contributed by atoms with E-state index in [1.165, 1.54) is 6.42 Å². The maximum atomic E-state index is 11.4. The van der Waals surface area contributed by atoms with Gasteiger partial charge in [-0.05, 0) is 65.7 Å². The van der Waals surface area contributed by atoms with Gasteiger partial charge in [0.2, 0.25) is 0 Å². The fraction of sp³-hybridized carbons (Fsp3) is 0.303. The molecular weight excluding hydrogens is 514 g/mol. The Balaban J connectivity index is 1.34. The number of fused-ring (bicyclic) bond motifs is 2. The van der Waals surface area contributed by atoms with Gasteiger partial charge in [0.15, 0.2) is 0 Å². The van der Waals surface area contributed by atoms with Crippen LogP contribution < -0.4 is 10.5 Å². The third-order valence-corrected chi connectivity index (χ3v) is 7.90. The van der Waals surface area contributed by atoms with Crippen LogP contribution in [-0.2, 0) is 17.8 Å². The molecule has 1 aliphatic rings. The molecule has 0 unspecified atom stereocenters. The molecule has 8 nitrogen and oxygen atoms in total. The summed E-state index contributed by atoms with van der Waals surface area (Å²) in [5.74, 6) is 0.875. The summed E-state index contributed by atoms with van der Waals surface area (Å²) in [5, 5.41) is 17.4. The van der Waals surface area contributed by atoms with E-state index in [-0.39, 0.29) is 13.0 Å². The summed E-state index contributed by atoms with van der Waals surface area (Å²) in [7, 11) is 0. The SMILES string of the molecule is CC(C)CCN1CC(n2nc(COc3ccccc3CC(=O)O)c3cc(-c4ccc5ccnc(N)c5c4)ccc32)C1. The fourth-order valence-corrected chi connectivity index (χ4v) is 5.56. The predicted octanol–water partition coefficient (Wildman–Crippen LogP) is 5.94.